The molecule has 0 aliphatic rings. The van der Waals surface area contributed by atoms with Gasteiger partial charge in [-0.1, -0.05) is 24.0 Å². The number of carbonyl (C=O) groups is 3. The van der Waals surface area contributed by atoms with E-state index in [4.69, 9.17) is 23.7 Å². The van der Waals surface area contributed by atoms with Gasteiger partial charge in [-0.05, 0) is 89.0 Å². The molecule has 5 aromatic rings. The molecule has 0 aromatic heterocycles. The summed E-state index contributed by atoms with van der Waals surface area (Å²) in [7, 11) is 4.38. The third-order valence-corrected chi connectivity index (χ3v) is 8.57. The Bertz CT molecular complexity index is 2250. The number of rotatable bonds is 14. The van der Waals surface area contributed by atoms with Crippen LogP contribution >= 0.6 is 0 Å². The number of aliphatic hydroxyl groups excluding tert-OH is 4. The number of carbonyl (C=O) groups excluding carboxylic acids is 3. The van der Waals surface area contributed by atoms with Crippen molar-refractivity contribution in [1.29, 1.82) is 0 Å². The first-order chi connectivity index (χ1) is 26.6. The molecule has 0 heterocycles. The molecule has 12 nitrogen and oxygen atoms in total. The van der Waals surface area contributed by atoms with Crippen molar-refractivity contribution in [2.24, 2.45) is 0 Å². The molecule has 0 saturated heterocycles. The lowest BCUT2D eigenvalue weighted by molar-refractivity contribution is 0.0719. The molecule has 0 aliphatic heterocycles. The zero-order chi connectivity index (χ0) is 39.5. The molecule has 0 aliphatic carbocycles. The first-order valence-corrected chi connectivity index (χ1v) is 16.8. The Kier molecular flexibility index (Phi) is 13.4. The molecule has 5 rings (SSSR count). The van der Waals surface area contributed by atoms with Crippen molar-refractivity contribution < 1.29 is 58.5 Å². The van der Waals surface area contributed by atoms with Gasteiger partial charge in [-0.25, -0.2) is 9.59 Å². The quantitative estimate of drug-likeness (QED) is 0.0522. The average molecular weight is 747 g/mol. The zero-order valence-corrected chi connectivity index (χ0v) is 30.3. The van der Waals surface area contributed by atoms with E-state index in [0.29, 0.717) is 45.1 Å². The van der Waals surface area contributed by atoms with Gasteiger partial charge in [-0.2, -0.15) is 0 Å². The predicted octanol–water partition coefficient (Wildman–Crippen LogP) is 4.95. The maximum absolute atomic E-state index is 13.2. The molecule has 0 spiro atoms. The number of ether oxygens (including phenoxy) is 5. The predicted molar refractivity (Wildman–Crippen MR) is 199 cm³/mol. The van der Waals surface area contributed by atoms with Crippen LogP contribution in [0.3, 0.4) is 0 Å². The van der Waals surface area contributed by atoms with E-state index >= 15 is 0 Å². The Labute approximate surface area is 317 Å². The number of hydrogen-bond donors (Lipinski definition) is 4. The third kappa shape index (κ3) is 9.55. The number of benzene rings is 5. The summed E-state index contributed by atoms with van der Waals surface area (Å²) in [5.41, 5.74) is 3.65. The van der Waals surface area contributed by atoms with E-state index in [1.54, 1.807) is 54.6 Å². The molecule has 282 valence electrons. The summed E-state index contributed by atoms with van der Waals surface area (Å²) in [5, 5.41) is 38.9. The highest BCUT2D eigenvalue weighted by Gasteiger charge is 2.21. The first-order valence-electron chi connectivity index (χ1n) is 16.8. The fourth-order valence-corrected chi connectivity index (χ4v) is 5.58. The monoisotopic (exact) mass is 746 g/mol. The van der Waals surface area contributed by atoms with Gasteiger partial charge in [-0.15, -0.1) is 0 Å². The normalized spacial score (nSPS) is 10.5. The van der Waals surface area contributed by atoms with Gasteiger partial charge >= 0.3 is 11.9 Å². The lowest BCUT2D eigenvalue weighted by atomic mass is 9.99. The van der Waals surface area contributed by atoms with Gasteiger partial charge in [0.05, 0.1) is 53.3 Å². The van der Waals surface area contributed by atoms with Crippen molar-refractivity contribution in [2.75, 3.05) is 21.3 Å². The average Bonchev–Trinajstić information content (AvgIpc) is 3.22. The van der Waals surface area contributed by atoms with Crippen molar-refractivity contribution in [3.8, 4) is 40.6 Å². The fourth-order valence-electron chi connectivity index (χ4n) is 5.58. The maximum atomic E-state index is 13.2. The van der Waals surface area contributed by atoms with Crippen LogP contribution < -0.4 is 23.7 Å². The van der Waals surface area contributed by atoms with Crippen molar-refractivity contribution in [1.82, 2.24) is 0 Å². The van der Waals surface area contributed by atoms with E-state index in [1.165, 1.54) is 57.7 Å². The molecule has 0 saturated carbocycles. The Morgan fingerprint density at radius 2 is 1.05 bits per heavy atom. The van der Waals surface area contributed by atoms with Gasteiger partial charge in [0.15, 0.2) is 17.3 Å². The Balaban J connectivity index is 1.20. The highest BCUT2D eigenvalue weighted by Crippen LogP contribution is 2.35. The molecular formula is C43H38O12. The SMILES string of the molecule is COc1cc(OC)c(C(=O)Oc2ccc(C#Cc3ccc(CC(=O)c4ccc(OC(=O)c5cc(CO)c(CO)cc5CO)c(CO)c4)cc3)cc2)cc1OC. The Morgan fingerprint density at radius 1 is 0.509 bits per heavy atom. The second-order valence-corrected chi connectivity index (χ2v) is 12.0. The van der Waals surface area contributed by atoms with E-state index in [2.05, 4.69) is 11.8 Å². The zero-order valence-electron chi connectivity index (χ0n) is 30.3. The van der Waals surface area contributed by atoms with Gasteiger partial charge in [0.2, 0.25) is 0 Å². The van der Waals surface area contributed by atoms with Crippen LogP contribution in [0.4, 0.5) is 0 Å². The van der Waals surface area contributed by atoms with Crippen LogP contribution in [0.25, 0.3) is 0 Å². The van der Waals surface area contributed by atoms with Gasteiger partial charge < -0.3 is 44.1 Å². The van der Waals surface area contributed by atoms with E-state index in [-0.39, 0.29) is 52.6 Å². The largest absolute Gasteiger partial charge is 0.496 e. The summed E-state index contributed by atoms with van der Waals surface area (Å²) in [6.07, 6.45) is 0.0636. The highest BCUT2D eigenvalue weighted by atomic mass is 16.5. The standard InChI is InChI=1S/C43H38O12/c1-51-39-21-41(53-3)40(52-2)20-36(39)43(50)54-34-13-10-27(11-14-34)5-4-26-6-8-28(9-7-26)16-37(48)29-12-15-38(33(17-29)25-47)55-42(49)35-19-31(23-45)30(22-44)18-32(35)24-46/h6-15,17-21,44-47H,16,22-25H2,1-3H3. The number of methoxy groups -OCH3 is 3. The van der Waals surface area contributed by atoms with Gasteiger partial charge in [0.25, 0.3) is 0 Å². The van der Waals surface area contributed by atoms with Gasteiger partial charge in [0, 0.05) is 40.8 Å². The van der Waals surface area contributed by atoms with E-state index in [1.807, 2.05) is 0 Å². The molecule has 5 aromatic carbocycles. The highest BCUT2D eigenvalue weighted by molar-refractivity contribution is 5.98. The summed E-state index contributed by atoms with van der Waals surface area (Å²) in [4.78, 5) is 39.1. The first kappa shape index (κ1) is 39.7. The van der Waals surface area contributed by atoms with Crippen LogP contribution in [-0.4, -0.2) is 59.5 Å². The summed E-state index contributed by atoms with van der Waals surface area (Å²) < 4.78 is 26.9. The van der Waals surface area contributed by atoms with Crippen LogP contribution in [0.1, 0.15) is 70.0 Å². The van der Waals surface area contributed by atoms with Crippen molar-refractivity contribution >= 4 is 17.7 Å². The minimum absolute atomic E-state index is 0.00796. The van der Waals surface area contributed by atoms with Crippen LogP contribution in [0.2, 0.25) is 0 Å². The van der Waals surface area contributed by atoms with Crippen molar-refractivity contribution in [3.05, 3.63) is 147 Å². The molecule has 0 fully saturated rings. The van der Waals surface area contributed by atoms with Crippen molar-refractivity contribution in [3.63, 3.8) is 0 Å². The lowest BCUT2D eigenvalue weighted by Gasteiger charge is -2.14. The second-order valence-electron chi connectivity index (χ2n) is 12.0. The molecule has 12 heteroatoms. The van der Waals surface area contributed by atoms with Crippen LogP contribution in [0, 0.1) is 11.8 Å². The molecule has 0 amide bonds. The van der Waals surface area contributed by atoms with Crippen LogP contribution in [0.15, 0.2) is 91.0 Å². The smallest absolute Gasteiger partial charge is 0.347 e. The van der Waals surface area contributed by atoms with Crippen LogP contribution in [0.5, 0.6) is 28.7 Å². The number of aliphatic hydroxyl groups is 4. The topological polar surface area (TPSA) is 178 Å². The van der Waals surface area contributed by atoms with Gasteiger partial charge in [-0.3, -0.25) is 4.79 Å². The number of Topliss-reactive ketones (excluding diaryl/α,β-unsaturated/α-hetero) is 1. The molecular weight excluding hydrogens is 708 g/mol. The minimum Gasteiger partial charge on any atom is -0.496 e. The summed E-state index contributed by atoms with van der Waals surface area (Å²) >= 11 is 0. The molecule has 0 radical (unpaired) electrons. The molecule has 0 bridgehead atoms. The van der Waals surface area contributed by atoms with E-state index in [0.717, 1.165) is 5.56 Å². The molecule has 0 unspecified atom stereocenters. The maximum Gasteiger partial charge on any atom is 0.347 e. The molecule has 4 N–H and O–H groups in total. The summed E-state index contributed by atoms with van der Waals surface area (Å²) in [6, 6.07) is 24.0. The molecule has 55 heavy (non-hydrogen) atoms. The van der Waals surface area contributed by atoms with E-state index < -0.39 is 31.8 Å². The second kappa shape index (κ2) is 18.5. The number of hydrogen-bond acceptors (Lipinski definition) is 12. The van der Waals surface area contributed by atoms with Crippen LogP contribution in [-0.2, 0) is 32.8 Å². The summed E-state index contributed by atoms with van der Waals surface area (Å²) in [5.74, 6) is 5.80. The lowest BCUT2D eigenvalue weighted by Crippen LogP contribution is -2.15. The third-order valence-electron chi connectivity index (χ3n) is 8.57. The molecule has 0 atom stereocenters. The Hall–Kier alpha value is -6.49. The van der Waals surface area contributed by atoms with Crippen molar-refractivity contribution in [2.45, 2.75) is 32.8 Å². The van der Waals surface area contributed by atoms with E-state index in [9.17, 15) is 34.8 Å². The summed E-state index contributed by atoms with van der Waals surface area (Å²) in [6.45, 7) is -1.85. The fraction of sp³-hybridized carbons (Fsp3) is 0.186. The number of esters is 2. The Morgan fingerprint density at radius 3 is 1.64 bits per heavy atom. The van der Waals surface area contributed by atoms with Gasteiger partial charge in [0.1, 0.15) is 22.8 Å². The number of ketones is 1. The minimum atomic E-state index is -0.841.